The van der Waals surface area contributed by atoms with Crippen LogP contribution in [0.25, 0.3) is 0 Å². The molecule has 106 valence electrons. The molecule has 0 radical (unpaired) electrons. The Bertz CT molecular complexity index is 554. The molecular weight excluding hydrogens is 314 g/mol. The fourth-order valence-corrected chi connectivity index (χ4v) is 2.26. The molecule has 0 aliphatic carbocycles. The number of benzene rings is 2. The number of para-hydroxylation sites is 2. The van der Waals surface area contributed by atoms with Gasteiger partial charge in [-0.05, 0) is 46.6 Å². The fourth-order valence-electron chi connectivity index (χ4n) is 1.89. The summed E-state index contributed by atoms with van der Waals surface area (Å²) < 4.78 is 6.97. The zero-order chi connectivity index (χ0) is 14.4. The van der Waals surface area contributed by atoms with Gasteiger partial charge in [0.05, 0.1) is 4.47 Å². The maximum Gasteiger partial charge on any atom is 0.141 e. The summed E-state index contributed by atoms with van der Waals surface area (Å²) in [6, 6.07) is 16.0. The smallest absolute Gasteiger partial charge is 0.141 e. The van der Waals surface area contributed by atoms with Crippen molar-refractivity contribution < 1.29 is 4.74 Å². The average molecular weight is 334 g/mol. The van der Waals surface area contributed by atoms with Gasteiger partial charge in [0.2, 0.25) is 0 Å². The molecule has 0 fully saturated rings. The summed E-state index contributed by atoms with van der Waals surface area (Å²) in [4.78, 5) is 0. The highest BCUT2D eigenvalue weighted by atomic mass is 79.9. The lowest BCUT2D eigenvalue weighted by molar-refractivity contribution is 0.466. The first kappa shape index (κ1) is 15.1. The summed E-state index contributed by atoms with van der Waals surface area (Å²) in [7, 11) is 0. The summed E-state index contributed by atoms with van der Waals surface area (Å²) >= 11 is 3.51. The minimum Gasteiger partial charge on any atom is -0.456 e. The van der Waals surface area contributed by atoms with E-state index in [2.05, 4.69) is 41.2 Å². The first-order chi connectivity index (χ1) is 9.66. The molecule has 3 heteroatoms. The van der Waals surface area contributed by atoms with Gasteiger partial charge < -0.3 is 10.1 Å². The lowest BCUT2D eigenvalue weighted by Crippen LogP contribution is -2.19. The molecule has 0 atom stereocenters. The molecule has 1 N–H and O–H groups in total. The Balaban J connectivity index is 2.10. The van der Waals surface area contributed by atoms with Crippen molar-refractivity contribution in [2.24, 2.45) is 5.92 Å². The van der Waals surface area contributed by atoms with Crippen LogP contribution in [-0.2, 0) is 6.54 Å². The number of hydrogen-bond donors (Lipinski definition) is 1. The third-order valence-corrected chi connectivity index (χ3v) is 3.55. The summed E-state index contributed by atoms with van der Waals surface area (Å²) in [6.07, 6.45) is 0. The van der Waals surface area contributed by atoms with Gasteiger partial charge >= 0.3 is 0 Å². The molecule has 0 saturated heterocycles. The predicted octanol–water partition coefficient (Wildman–Crippen LogP) is 4.99. The third-order valence-electron chi connectivity index (χ3n) is 2.90. The average Bonchev–Trinajstić information content (AvgIpc) is 2.43. The summed E-state index contributed by atoms with van der Waals surface area (Å²) in [5.41, 5.74) is 1.17. The maximum absolute atomic E-state index is 6.01. The molecule has 2 aromatic carbocycles. The second kappa shape index (κ2) is 7.46. The van der Waals surface area contributed by atoms with Gasteiger partial charge in [0.25, 0.3) is 0 Å². The van der Waals surface area contributed by atoms with Gasteiger partial charge in [-0.15, -0.1) is 0 Å². The zero-order valence-corrected chi connectivity index (χ0v) is 13.5. The van der Waals surface area contributed by atoms with Crippen molar-refractivity contribution in [3.05, 3.63) is 58.6 Å². The number of rotatable bonds is 6. The van der Waals surface area contributed by atoms with Gasteiger partial charge in [0.1, 0.15) is 11.5 Å². The van der Waals surface area contributed by atoms with E-state index >= 15 is 0 Å². The van der Waals surface area contributed by atoms with E-state index in [1.54, 1.807) is 0 Å². The monoisotopic (exact) mass is 333 g/mol. The summed E-state index contributed by atoms with van der Waals surface area (Å²) in [5.74, 6) is 2.38. The molecule has 0 heterocycles. The zero-order valence-electron chi connectivity index (χ0n) is 11.9. The predicted molar refractivity (Wildman–Crippen MR) is 87.2 cm³/mol. The first-order valence-corrected chi connectivity index (χ1v) is 7.67. The Kier molecular flexibility index (Phi) is 5.62. The Labute approximate surface area is 129 Å². The largest absolute Gasteiger partial charge is 0.456 e. The molecule has 0 aliphatic heterocycles. The maximum atomic E-state index is 6.01. The Morgan fingerprint density at radius 2 is 1.65 bits per heavy atom. The van der Waals surface area contributed by atoms with Gasteiger partial charge in [-0.2, -0.15) is 0 Å². The van der Waals surface area contributed by atoms with Crippen molar-refractivity contribution in [2.45, 2.75) is 20.4 Å². The second-order valence-corrected chi connectivity index (χ2v) is 6.02. The van der Waals surface area contributed by atoms with Gasteiger partial charge in [0, 0.05) is 12.1 Å². The topological polar surface area (TPSA) is 21.3 Å². The molecule has 0 aromatic heterocycles. The van der Waals surface area contributed by atoms with Gasteiger partial charge in [0.15, 0.2) is 0 Å². The van der Waals surface area contributed by atoms with E-state index in [0.717, 1.165) is 29.1 Å². The first-order valence-electron chi connectivity index (χ1n) is 6.88. The van der Waals surface area contributed by atoms with Crippen LogP contribution in [-0.4, -0.2) is 6.54 Å². The van der Waals surface area contributed by atoms with Crippen LogP contribution < -0.4 is 10.1 Å². The molecule has 20 heavy (non-hydrogen) atoms. The van der Waals surface area contributed by atoms with Gasteiger partial charge in [-0.3, -0.25) is 0 Å². The van der Waals surface area contributed by atoms with Crippen molar-refractivity contribution in [1.82, 2.24) is 5.32 Å². The van der Waals surface area contributed by atoms with E-state index in [9.17, 15) is 0 Å². The Hall–Kier alpha value is -1.32. The summed E-state index contributed by atoms with van der Waals surface area (Å²) in [5, 5.41) is 3.45. The van der Waals surface area contributed by atoms with Crippen LogP contribution in [0.1, 0.15) is 19.4 Å². The van der Waals surface area contributed by atoms with Crippen LogP contribution in [0.15, 0.2) is 53.0 Å². The van der Waals surface area contributed by atoms with E-state index in [1.165, 1.54) is 5.56 Å². The lowest BCUT2D eigenvalue weighted by atomic mass is 10.2. The molecule has 0 aliphatic rings. The van der Waals surface area contributed by atoms with Crippen LogP contribution in [0.2, 0.25) is 0 Å². The van der Waals surface area contributed by atoms with Crippen LogP contribution >= 0.6 is 15.9 Å². The molecule has 0 bridgehead atoms. The molecular formula is C17H20BrNO. The highest BCUT2D eigenvalue weighted by Crippen LogP contribution is 2.31. The highest BCUT2D eigenvalue weighted by molar-refractivity contribution is 9.10. The van der Waals surface area contributed by atoms with Crippen LogP contribution in [0.3, 0.4) is 0 Å². The van der Waals surface area contributed by atoms with Gasteiger partial charge in [-0.1, -0.05) is 44.2 Å². The van der Waals surface area contributed by atoms with Crippen molar-refractivity contribution in [1.29, 1.82) is 0 Å². The minimum absolute atomic E-state index is 0.645. The van der Waals surface area contributed by atoms with Crippen LogP contribution in [0.5, 0.6) is 11.5 Å². The van der Waals surface area contributed by atoms with Gasteiger partial charge in [-0.25, -0.2) is 0 Å². The SMILES string of the molecule is CC(C)CNCc1ccccc1Oc1ccccc1Br. The fraction of sp³-hybridized carbons (Fsp3) is 0.294. The molecule has 2 aromatic rings. The normalized spacial score (nSPS) is 10.8. The van der Waals surface area contributed by atoms with Crippen molar-refractivity contribution in [3.8, 4) is 11.5 Å². The summed E-state index contributed by atoms with van der Waals surface area (Å²) in [6.45, 7) is 6.23. The van der Waals surface area contributed by atoms with E-state index in [4.69, 9.17) is 4.74 Å². The Morgan fingerprint density at radius 1 is 1.00 bits per heavy atom. The van der Waals surface area contributed by atoms with E-state index in [1.807, 2.05) is 42.5 Å². The van der Waals surface area contributed by atoms with Crippen molar-refractivity contribution in [3.63, 3.8) is 0 Å². The quantitative estimate of drug-likeness (QED) is 0.804. The standard InChI is InChI=1S/C17H20BrNO/c1-13(2)11-19-12-14-7-3-5-9-16(14)20-17-10-6-4-8-15(17)18/h3-10,13,19H,11-12H2,1-2H3. The number of halogens is 1. The molecule has 0 saturated carbocycles. The Morgan fingerprint density at radius 3 is 2.35 bits per heavy atom. The molecule has 2 rings (SSSR count). The number of ether oxygens (including phenoxy) is 1. The molecule has 0 amide bonds. The van der Waals surface area contributed by atoms with Crippen molar-refractivity contribution in [2.75, 3.05) is 6.54 Å². The van der Waals surface area contributed by atoms with E-state index < -0.39 is 0 Å². The van der Waals surface area contributed by atoms with Crippen molar-refractivity contribution >= 4 is 15.9 Å². The number of nitrogens with one attached hydrogen (secondary N) is 1. The molecule has 0 unspecified atom stereocenters. The third kappa shape index (κ3) is 4.36. The van der Waals surface area contributed by atoms with Crippen LogP contribution in [0.4, 0.5) is 0 Å². The molecule has 2 nitrogen and oxygen atoms in total. The molecule has 0 spiro atoms. The minimum atomic E-state index is 0.645. The highest BCUT2D eigenvalue weighted by Gasteiger charge is 2.06. The van der Waals surface area contributed by atoms with E-state index in [-0.39, 0.29) is 0 Å². The number of hydrogen-bond acceptors (Lipinski definition) is 2. The van der Waals surface area contributed by atoms with E-state index in [0.29, 0.717) is 5.92 Å². The van der Waals surface area contributed by atoms with Crippen LogP contribution in [0, 0.1) is 5.92 Å². The second-order valence-electron chi connectivity index (χ2n) is 5.16. The lowest BCUT2D eigenvalue weighted by Gasteiger charge is -2.13.